The lowest BCUT2D eigenvalue weighted by molar-refractivity contribution is -0.117. The number of aromatic nitrogens is 2. The molecular weight excluding hydrogens is 412 g/mol. The number of hydrogen-bond donors (Lipinski definition) is 1. The number of nitrogens with one attached hydrogen (secondary N) is 1. The largest absolute Gasteiger partial charge is 0.497 e. The monoisotopic (exact) mass is 434 g/mol. The molecule has 1 aromatic heterocycles. The fourth-order valence-electron chi connectivity index (χ4n) is 3.33. The van der Waals surface area contributed by atoms with Crippen LogP contribution in [0.1, 0.15) is 28.5 Å². The molecule has 0 aliphatic carbocycles. The Balaban J connectivity index is 1.36. The van der Waals surface area contributed by atoms with Crippen LogP contribution in [0.5, 0.6) is 5.75 Å². The van der Waals surface area contributed by atoms with Crippen molar-refractivity contribution < 1.29 is 14.3 Å². The number of ether oxygens (including phenoxy) is 1. The van der Waals surface area contributed by atoms with Crippen molar-refractivity contribution >= 4 is 40.0 Å². The van der Waals surface area contributed by atoms with Gasteiger partial charge in [0.15, 0.2) is 0 Å². The van der Waals surface area contributed by atoms with Crippen LogP contribution in [0.15, 0.2) is 54.6 Å². The second kappa shape index (κ2) is 9.09. The Kier molecular flexibility index (Phi) is 6.08. The van der Waals surface area contributed by atoms with Crippen LogP contribution >= 0.6 is 11.3 Å². The Labute approximate surface area is 184 Å². The van der Waals surface area contributed by atoms with Gasteiger partial charge in [-0.25, -0.2) is 0 Å². The van der Waals surface area contributed by atoms with Crippen molar-refractivity contribution in [1.29, 1.82) is 0 Å². The number of carbonyl (C=O) groups excluding carboxylic acids is 2. The first-order chi connectivity index (χ1) is 15.0. The van der Waals surface area contributed by atoms with Crippen molar-refractivity contribution in [2.24, 2.45) is 0 Å². The molecule has 3 aromatic rings. The number of benzene rings is 2. The normalized spacial score (nSPS) is 16.1. The zero-order valence-corrected chi connectivity index (χ0v) is 18.1. The number of rotatable bonds is 6. The predicted octanol–water partition coefficient (Wildman–Crippen LogP) is 4.03. The Hall–Kier alpha value is -3.52. The highest BCUT2D eigenvalue weighted by molar-refractivity contribution is 7.15. The maximum atomic E-state index is 12.5. The first kappa shape index (κ1) is 20.7. The van der Waals surface area contributed by atoms with Gasteiger partial charge in [-0.1, -0.05) is 41.2 Å². The van der Waals surface area contributed by atoms with Crippen molar-refractivity contribution in [3.05, 3.63) is 70.7 Å². The van der Waals surface area contributed by atoms with Crippen LogP contribution in [-0.2, 0) is 9.59 Å². The van der Waals surface area contributed by atoms with Crippen LogP contribution in [0.2, 0.25) is 0 Å². The standard InChI is InChI=1S/C23H22N4O3S/c1-15-3-8-18(9-4-15)27-14-17(13-21(27)29)22-25-26-23(31-22)24-20(28)12-7-16-5-10-19(30-2)11-6-16/h3-12,17H,13-14H2,1-2H3,(H,24,26,28)/b12-7+. The van der Waals surface area contributed by atoms with Gasteiger partial charge in [0.25, 0.3) is 0 Å². The number of amides is 2. The smallest absolute Gasteiger partial charge is 0.250 e. The van der Waals surface area contributed by atoms with E-state index in [1.54, 1.807) is 18.1 Å². The van der Waals surface area contributed by atoms with E-state index in [9.17, 15) is 9.59 Å². The molecule has 0 bridgehead atoms. The van der Waals surface area contributed by atoms with Crippen molar-refractivity contribution in [3.8, 4) is 5.75 Å². The highest BCUT2D eigenvalue weighted by Crippen LogP contribution is 2.34. The van der Waals surface area contributed by atoms with E-state index < -0.39 is 0 Å². The van der Waals surface area contributed by atoms with E-state index in [4.69, 9.17) is 4.74 Å². The van der Waals surface area contributed by atoms with Gasteiger partial charge in [-0.2, -0.15) is 0 Å². The Morgan fingerprint density at radius 3 is 2.61 bits per heavy atom. The van der Waals surface area contributed by atoms with Gasteiger partial charge in [-0.15, -0.1) is 10.2 Å². The van der Waals surface area contributed by atoms with Gasteiger partial charge >= 0.3 is 0 Å². The first-order valence-electron chi connectivity index (χ1n) is 9.85. The molecule has 31 heavy (non-hydrogen) atoms. The van der Waals surface area contributed by atoms with Gasteiger partial charge in [0.05, 0.1) is 7.11 Å². The summed E-state index contributed by atoms with van der Waals surface area (Å²) < 4.78 is 5.12. The highest BCUT2D eigenvalue weighted by Gasteiger charge is 2.33. The van der Waals surface area contributed by atoms with E-state index >= 15 is 0 Å². The number of aryl methyl sites for hydroxylation is 1. The topological polar surface area (TPSA) is 84.4 Å². The molecule has 158 valence electrons. The van der Waals surface area contributed by atoms with Crippen LogP contribution in [0, 0.1) is 6.92 Å². The summed E-state index contributed by atoms with van der Waals surface area (Å²) in [7, 11) is 1.61. The Morgan fingerprint density at radius 2 is 1.90 bits per heavy atom. The summed E-state index contributed by atoms with van der Waals surface area (Å²) in [5, 5.41) is 12.2. The molecule has 1 aliphatic heterocycles. The van der Waals surface area contributed by atoms with E-state index in [1.165, 1.54) is 17.4 Å². The average Bonchev–Trinajstić information content (AvgIpc) is 3.40. The summed E-state index contributed by atoms with van der Waals surface area (Å²) in [6.07, 6.45) is 3.54. The zero-order valence-electron chi connectivity index (χ0n) is 17.2. The van der Waals surface area contributed by atoms with Crippen molar-refractivity contribution in [1.82, 2.24) is 10.2 Å². The second-order valence-corrected chi connectivity index (χ2v) is 8.29. The molecule has 2 amide bonds. The summed E-state index contributed by atoms with van der Waals surface area (Å²) >= 11 is 1.30. The molecule has 0 radical (unpaired) electrons. The molecule has 1 N–H and O–H groups in total. The van der Waals surface area contributed by atoms with Crippen LogP contribution in [0.3, 0.4) is 0 Å². The summed E-state index contributed by atoms with van der Waals surface area (Å²) in [5.41, 5.74) is 2.92. The van der Waals surface area contributed by atoms with Crippen LogP contribution in [0.4, 0.5) is 10.8 Å². The Morgan fingerprint density at radius 1 is 1.16 bits per heavy atom. The fraction of sp³-hybridized carbons (Fsp3) is 0.217. The number of anilines is 2. The summed E-state index contributed by atoms with van der Waals surface area (Å²) in [4.78, 5) is 26.5. The predicted molar refractivity (Wildman–Crippen MR) is 121 cm³/mol. The zero-order chi connectivity index (χ0) is 21.8. The minimum Gasteiger partial charge on any atom is -0.497 e. The Bertz CT molecular complexity index is 1110. The summed E-state index contributed by atoms with van der Waals surface area (Å²) in [6.45, 7) is 2.57. The molecular formula is C23H22N4O3S. The van der Waals surface area contributed by atoms with Crippen LogP contribution in [-0.4, -0.2) is 35.7 Å². The fourth-order valence-corrected chi connectivity index (χ4v) is 4.17. The molecule has 1 unspecified atom stereocenters. The molecule has 0 spiro atoms. The maximum absolute atomic E-state index is 12.5. The third-order valence-corrected chi connectivity index (χ3v) is 6.03. The van der Waals surface area contributed by atoms with Gasteiger partial charge in [-0.3, -0.25) is 14.9 Å². The number of nitrogens with zero attached hydrogens (tertiary/aromatic N) is 3. The maximum Gasteiger partial charge on any atom is 0.250 e. The molecule has 4 rings (SSSR count). The van der Waals surface area contributed by atoms with E-state index in [2.05, 4.69) is 15.5 Å². The van der Waals surface area contributed by atoms with Gasteiger partial charge in [0, 0.05) is 30.6 Å². The van der Waals surface area contributed by atoms with Crippen molar-refractivity contribution in [2.45, 2.75) is 19.3 Å². The number of hydrogen-bond acceptors (Lipinski definition) is 6. The van der Waals surface area contributed by atoms with Crippen LogP contribution in [0.25, 0.3) is 6.08 Å². The van der Waals surface area contributed by atoms with Gasteiger partial charge in [0.1, 0.15) is 10.8 Å². The molecule has 2 heterocycles. The number of methoxy groups -OCH3 is 1. The minimum atomic E-state index is -0.290. The van der Waals surface area contributed by atoms with Gasteiger partial charge in [0.2, 0.25) is 16.9 Å². The molecule has 7 nitrogen and oxygen atoms in total. The molecule has 1 fully saturated rings. The van der Waals surface area contributed by atoms with Crippen molar-refractivity contribution in [3.63, 3.8) is 0 Å². The third kappa shape index (κ3) is 4.97. The molecule has 1 atom stereocenters. The lowest BCUT2D eigenvalue weighted by Gasteiger charge is -2.16. The lowest BCUT2D eigenvalue weighted by atomic mass is 10.1. The third-order valence-electron chi connectivity index (χ3n) is 5.03. The highest BCUT2D eigenvalue weighted by atomic mass is 32.1. The van der Waals surface area contributed by atoms with Gasteiger partial charge < -0.3 is 9.64 Å². The van der Waals surface area contributed by atoms with Crippen molar-refractivity contribution in [2.75, 3.05) is 23.9 Å². The summed E-state index contributed by atoms with van der Waals surface area (Å²) in [6, 6.07) is 15.3. The van der Waals surface area contributed by atoms with Crippen LogP contribution < -0.4 is 15.0 Å². The molecule has 1 saturated heterocycles. The molecule has 1 aliphatic rings. The van der Waals surface area contributed by atoms with Gasteiger partial charge in [-0.05, 0) is 42.8 Å². The molecule has 0 saturated carbocycles. The van der Waals surface area contributed by atoms with E-state index in [0.717, 1.165) is 27.6 Å². The van der Waals surface area contributed by atoms with E-state index in [-0.39, 0.29) is 17.7 Å². The van der Waals surface area contributed by atoms with E-state index in [0.29, 0.717) is 18.1 Å². The minimum absolute atomic E-state index is 0.0354. The molecule has 2 aromatic carbocycles. The average molecular weight is 435 g/mol. The number of carbonyl (C=O) groups is 2. The van der Waals surface area contributed by atoms with E-state index in [1.807, 2.05) is 55.5 Å². The lowest BCUT2D eigenvalue weighted by Crippen LogP contribution is -2.24. The molecule has 8 heteroatoms. The summed E-state index contributed by atoms with van der Waals surface area (Å²) in [5.74, 6) is 0.500. The first-order valence-corrected chi connectivity index (χ1v) is 10.7. The quantitative estimate of drug-likeness (QED) is 0.592. The SMILES string of the molecule is COc1ccc(/C=C/C(=O)Nc2nnc(C3CC(=O)N(c4ccc(C)cc4)C3)s2)cc1. The second-order valence-electron chi connectivity index (χ2n) is 7.28.